The fraction of sp³-hybridized carbons (Fsp3) is 0.333. The Morgan fingerprint density at radius 3 is 2.67 bits per heavy atom. The normalized spacial score (nSPS) is 19.4. The number of halogens is 2. The van der Waals surface area contributed by atoms with Gasteiger partial charge in [0.1, 0.15) is 0 Å². The van der Waals surface area contributed by atoms with E-state index >= 15 is 0 Å². The molecule has 0 aliphatic carbocycles. The molecule has 1 heterocycles. The van der Waals surface area contributed by atoms with E-state index in [0.717, 1.165) is 5.56 Å². The van der Waals surface area contributed by atoms with Gasteiger partial charge in [0.05, 0.1) is 21.7 Å². The van der Waals surface area contributed by atoms with Crippen molar-refractivity contribution in [1.29, 1.82) is 0 Å². The third kappa shape index (κ3) is 2.18. The highest BCUT2D eigenvalue weighted by Gasteiger charge is 2.36. The van der Waals surface area contributed by atoms with Crippen molar-refractivity contribution < 1.29 is 14.7 Å². The average molecular weight is 288 g/mol. The number of amides is 1. The Bertz CT molecular complexity index is 530. The summed E-state index contributed by atoms with van der Waals surface area (Å²) < 4.78 is 0. The van der Waals surface area contributed by atoms with Crippen LogP contribution in [0.5, 0.6) is 0 Å². The molecule has 4 nitrogen and oxygen atoms in total. The molecule has 1 aromatic rings. The molecule has 1 saturated heterocycles. The molecule has 0 radical (unpaired) electrons. The molecule has 0 saturated carbocycles. The van der Waals surface area contributed by atoms with Crippen molar-refractivity contribution in [3.8, 4) is 0 Å². The molecule has 0 spiro atoms. The molecule has 1 amide bonds. The Kier molecular flexibility index (Phi) is 3.50. The van der Waals surface area contributed by atoms with E-state index in [1.807, 2.05) is 0 Å². The van der Waals surface area contributed by atoms with Crippen LogP contribution < -0.4 is 4.90 Å². The van der Waals surface area contributed by atoms with Gasteiger partial charge in [-0.05, 0) is 18.6 Å². The molecule has 1 unspecified atom stereocenters. The molecule has 6 heteroatoms. The first kappa shape index (κ1) is 13.2. The van der Waals surface area contributed by atoms with Crippen molar-refractivity contribution in [2.75, 3.05) is 11.4 Å². The summed E-state index contributed by atoms with van der Waals surface area (Å²) in [5, 5.41) is 9.69. The van der Waals surface area contributed by atoms with Crippen LogP contribution in [0.3, 0.4) is 0 Å². The first-order chi connectivity index (χ1) is 8.41. The number of carbonyl (C=O) groups is 2. The highest BCUT2D eigenvalue weighted by atomic mass is 35.5. The standard InChI is InChI=1S/C12H11Cl2NO3/c1-6-2-3-8(13)11(10(6)14)15-5-7(12(17)18)4-9(15)16/h2-3,7H,4-5H2,1H3,(H,17,18). The van der Waals surface area contributed by atoms with Crippen LogP contribution in [0.4, 0.5) is 5.69 Å². The predicted molar refractivity (Wildman–Crippen MR) is 69.3 cm³/mol. The molecule has 1 aliphatic heterocycles. The fourth-order valence-electron chi connectivity index (χ4n) is 1.98. The molecule has 18 heavy (non-hydrogen) atoms. The summed E-state index contributed by atoms with van der Waals surface area (Å²) in [6.07, 6.45) is -0.0179. The summed E-state index contributed by atoms with van der Waals surface area (Å²) >= 11 is 12.2. The number of aliphatic carboxylic acids is 1. The maximum Gasteiger partial charge on any atom is 0.308 e. The number of nitrogens with zero attached hydrogens (tertiary/aromatic N) is 1. The lowest BCUT2D eigenvalue weighted by molar-refractivity contribution is -0.141. The number of hydrogen-bond acceptors (Lipinski definition) is 2. The van der Waals surface area contributed by atoms with E-state index in [1.165, 1.54) is 4.90 Å². The monoisotopic (exact) mass is 287 g/mol. The molecule has 96 valence electrons. The maximum atomic E-state index is 11.9. The lowest BCUT2D eigenvalue weighted by Crippen LogP contribution is -2.26. The minimum atomic E-state index is -0.981. The molecule has 2 rings (SSSR count). The van der Waals surface area contributed by atoms with Crippen molar-refractivity contribution in [2.24, 2.45) is 5.92 Å². The van der Waals surface area contributed by atoms with Crippen molar-refractivity contribution in [1.82, 2.24) is 0 Å². The third-order valence-corrected chi connectivity index (χ3v) is 3.79. The van der Waals surface area contributed by atoms with Crippen molar-refractivity contribution in [2.45, 2.75) is 13.3 Å². The van der Waals surface area contributed by atoms with Gasteiger partial charge in [-0.25, -0.2) is 0 Å². The summed E-state index contributed by atoms with van der Waals surface area (Å²) in [5.41, 5.74) is 1.20. The van der Waals surface area contributed by atoms with Crippen molar-refractivity contribution in [3.63, 3.8) is 0 Å². The molecule has 1 atom stereocenters. The first-order valence-corrected chi connectivity index (χ1v) is 6.15. The molecule has 1 N–H and O–H groups in total. The van der Waals surface area contributed by atoms with Crippen LogP contribution in [0.2, 0.25) is 10.0 Å². The quantitative estimate of drug-likeness (QED) is 0.910. The fourth-order valence-corrected chi connectivity index (χ4v) is 2.55. The second-order valence-electron chi connectivity index (χ2n) is 4.27. The summed E-state index contributed by atoms with van der Waals surface area (Å²) in [6, 6.07) is 3.41. The molecular formula is C12H11Cl2NO3. The van der Waals surface area contributed by atoms with Gasteiger partial charge in [0.25, 0.3) is 0 Å². The number of benzene rings is 1. The van der Waals surface area contributed by atoms with Gasteiger partial charge >= 0.3 is 5.97 Å². The Morgan fingerprint density at radius 1 is 1.44 bits per heavy atom. The predicted octanol–water partition coefficient (Wildman–Crippen LogP) is 2.74. The number of carboxylic acid groups (broad SMARTS) is 1. The number of hydrogen-bond donors (Lipinski definition) is 1. The Morgan fingerprint density at radius 2 is 2.11 bits per heavy atom. The van der Waals surface area contributed by atoms with Gasteiger partial charge in [-0.1, -0.05) is 29.3 Å². The Labute approximate surface area is 114 Å². The van der Waals surface area contributed by atoms with Crippen LogP contribution in [-0.4, -0.2) is 23.5 Å². The van der Waals surface area contributed by atoms with Gasteiger partial charge < -0.3 is 10.0 Å². The van der Waals surface area contributed by atoms with E-state index in [0.29, 0.717) is 15.7 Å². The van der Waals surface area contributed by atoms with Crippen LogP contribution in [-0.2, 0) is 9.59 Å². The average Bonchev–Trinajstić information content (AvgIpc) is 2.67. The van der Waals surface area contributed by atoms with E-state index in [2.05, 4.69) is 0 Å². The van der Waals surface area contributed by atoms with Crippen LogP contribution in [0.15, 0.2) is 12.1 Å². The Balaban J connectivity index is 2.41. The van der Waals surface area contributed by atoms with Gasteiger partial charge in [-0.2, -0.15) is 0 Å². The number of aryl methyl sites for hydroxylation is 1. The van der Waals surface area contributed by atoms with E-state index in [4.69, 9.17) is 28.3 Å². The number of anilines is 1. The summed E-state index contributed by atoms with van der Waals surface area (Å²) in [5.74, 6) is -1.95. The topological polar surface area (TPSA) is 57.6 Å². The molecule has 1 aliphatic rings. The number of rotatable bonds is 2. The van der Waals surface area contributed by atoms with E-state index in [1.54, 1.807) is 19.1 Å². The number of carbonyl (C=O) groups excluding carboxylic acids is 1. The van der Waals surface area contributed by atoms with Gasteiger partial charge in [0, 0.05) is 13.0 Å². The highest BCUT2D eigenvalue weighted by molar-refractivity contribution is 6.40. The van der Waals surface area contributed by atoms with Crippen LogP contribution in [0.25, 0.3) is 0 Å². The van der Waals surface area contributed by atoms with Gasteiger partial charge in [0.2, 0.25) is 5.91 Å². The second-order valence-corrected chi connectivity index (χ2v) is 5.06. The molecular weight excluding hydrogens is 277 g/mol. The van der Waals surface area contributed by atoms with Gasteiger partial charge in [0.15, 0.2) is 0 Å². The summed E-state index contributed by atoms with van der Waals surface area (Å²) in [7, 11) is 0. The maximum absolute atomic E-state index is 11.9. The zero-order chi connectivity index (χ0) is 13.4. The lowest BCUT2D eigenvalue weighted by Gasteiger charge is -2.20. The summed E-state index contributed by atoms with van der Waals surface area (Å²) in [4.78, 5) is 24.1. The van der Waals surface area contributed by atoms with Crippen LogP contribution in [0, 0.1) is 12.8 Å². The largest absolute Gasteiger partial charge is 0.481 e. The smallest absolute Gasteiger partial charge is 0.308 e. The minimum absolute atomic E-state index is 0.0179. The van der Waals surface area contributed by atoms with E-state index in [9.17, 15) is 9.59 Å². The lowest BCUT2D eigenvalue weighted by atomic mass is 10.1. The SMILES string of the molecule is Cc1ccc(Cl)c(N2CC(C(=O)O)CC2=O)c1Cl. The first-order valence-electron chi connectivity index (χ1n) is 5.39. The summed E-state index contributed by atoms with van der Waals surface area (Å²) in [6.45, 7) is 1.91. The molecule has 0 aromatic heterocycles. The molecule has 1 aromatic carbocycles. The molecule has 1 fully saturated rings. The zero-order valence-corrected chi connectivity index (χ0v) is 11.1. The van der Waals surface area contributed by atoms with Gasteiger partial charge in [-0.15, -0.1) is 0 Å². The van der Waals surface area contributed by atoms with E-state index in [-0.39, 0.29) is 18.9 Å². The third-order valence-electron chi connectivity index (χ3n) is 3.00. The second kappa shape index (κ2) is 4.78. The molecule has 0 bridgehead atoms. The van der Waals surface area contributed by atoms with Crippen LogP contribution in [0.1, 0.15) is 12.0 Å². The van der Waals surface area contributed by atoms with Crippen LogP contribution >= 0.6 is 23.2 Å². The zero-order valence-electron chi connectivity index (χ0n) is 9.61. The Hall–Kier alpha value is -1.26. The van der Waals surface area contributed by atoms with E-state index < -0.39 is 11.9 Å². The highest BCUT2D eigenvalue weighted by Crippen LogP contribution is 2.38. The minimum Gasteiger partial charge on any atom is -0.481 e. The van der Waals surface area contributed by atoms with Gasteiger partial charge in [-0.3, -0.25) is 9.59 Å². The van der Waals surface area contributed by atoms with Crippen molar-refractivity contribution in [3.05, 3.63) is 27.7 Å². The number of carboxylic acids is 1. The van der Waals surface area contributed by atoms with Crippen molar-refractivity contribution >= 4 is 40.8 Å².